The molecule has 0 aliphatic rings. The van der Waals surface area contributed by atoms with Crippen molar-refractivity contribution in [3.63, 3.8) is 0 Å². The van der Waals surface area contributed by atoms with Crippen molar-refractivity contribution < 1.29 is 4.79 Å². The largest absolute Gasteiger partial charge is 0.350 e. The third-order valence-electron chi connectivity index (χ3n) is 4.97. The van der Waals surface area contributed by atoms with Gasteiger partial charge in [0.2, 0.25) is 5.13 Å². The van der Waals surface area contributed by atoms with Gasteiger partial charge in [-0.15, -0.1) is 11.3 Å². The Balaban J connectivity index is 1.37. The van der Waals surface area contributed by atoms with Crippen molar-refractivity contribution in [2.75, 3.05) is 5.01 Å². The summed E-state index contributed by atoms with van der Waals surface area (Å²) < 4.78 is 0. The van der Waals surface area contributed by atoms with E-state index in [2.05, 4.69) is 34.2 Å². The second-order valence-corrected chi connectivity index (χ2v) is 7.74. The maximum Gasteiger partial charge on any atom is 0.290 e. The van der Waals surface area contributed by atoms with Crippen LogP contribution in [0.25, 0.3) is 33.3 Å². The number of fused-ring (bicyclic) bond motifs is 1. The number of aromatic nitrogens is 2. The van der Waals surface area contributed by atoms with Crippen molar-refractivity contribution in [2.24, 2.45) is 5.84 Å². The number of hydrogen-bond donors (Lipinski definition) is 2. The van der Waals surface area contributed by atoms with Crippen LogP contribution in [0.5, 0.6) is 0 Å². The zero-order chi connectivity index (χ0) is 20.5. The van der Waals surface area contributed by atoms with Crippen LogP contribution >= 0.6 is 11.3 Å². The molecule has 0 saturated carbocycles. The fourth-order valence-electron chi connectivity index (χ4n) is 3.38. The molecule has 1 amide bonds. The van der Waals surface area contributed by atoms with Crippen molar-refractivity contribution in [2.45, 2.75) is 0 Å². The molecule has 0 radical (unpaired) electrons. The number of aromatic amines is 1. The van der Waals surface area contributed by atoms with E-state index < -0.39 is 0 Å². The maximum absolute atomic E-state index is 12.8. The molecule has 2 heterocycles. The summed E-state index contributed by atoms with van der Waals surface area (Å²) in [6.45, 7) is 0. The number of H-pyrrole nitrogens is 1. The molecule has 2 aromatic heterocycles. The van der Waals surface area contributed by atoms with E-state index >= 15 is 0 Å². The number of nitrogens with two attached hydrogens (primary N) is 1. The normalized spacial score (nSPS) is 11.0. The minimum atomic E-state index is -0.327. The fourth-order valence-corrected chi connectivity index (χ4v) is 4.13. The van der Waals surface area contributed by atoms with Gasteiger partial charge in [0.05, 0.1) is 5.69 Å². The van der Waals surface area contributed by atoms with E-state index in [-0.39, 0.29) is 5.91 Å². The number of thiazole rings is 1. The van der Waals surface area contributed by atoms with E-state index in [0.29, 0.717) is 10.8 Å². The average Bonchev–Trinajstić information content (AvgIpc) is 3.46. The summed E-state index contributed by atoms with van der Waals surface area (Å²) in [5, 5.41) is 4.41. The van der Waals surface area contributed by atoms with Gasteiger partial charge in [-0.2, -0.15) is 0 Å². The SMILES string of the molecule is NN(C(=O)c1cc2ccccc2[nH]1)c1nc(-c2ccc(-c3ccccc3)cc2)cs1. The average molecular weight is 411 g/mol. The summed E-state index contributed by atoms with van der Waals surface area (Å²) in [6, 6.07) is 27.9. The van der Waals surface area contributed by atoms with Crippen LogP contribution in [0.1, 0.15) is 10.5 Å². The first-order valence-electron chi connectivity index (χ1n) is 9.47. The van der Waals surface area contributed by atoms with Crippen LogP contribution in [0.4, 0.5) is 5.13 Å². The molecule has 0 saturated heterocycles. The van der Waals surface area contributed by atoms with Gasteiger partial charge in [-0.1, -0.05) is 72.8 Å². The lowest BCUT2D eigenvalue weighted by molar-refractivity contribution is 0.0983. The van der Waals surface area contributed by atoms with Crippen molar-refractivity contribution in [1.29, 1.82) is 0 Å². The van der Waals surface area contributed by atoms with Crippen molar-refractivity contribution in [3.05, 3.63) is 96.0 Å². The predicted octanol–water partition coefficient (Wildman–Crippen LogP) is 5.48. The van der Waals surface area contributed by atoms with Gasteiger partial charge in [-0.05, 0) is 23.3 Å². The number of amides is 1. The van der Waals surface area contributed by atoms with Crippen LogP contribution in [0, 0.1) is 0 Å². The molecule has 5 aromatic rings. The number of hydrazine groups is 1. The molecular formula is C24H18N4OS. The second-order valence-electron chi connectivity index (χ2n) is 6.90. The lowest BCUT2D eigenvalue weighted by Gasteiger charge is -2.11. The third-order valence-corrected chi connectivity index (χ3v) is 5.81. The molecule has 30 heavy (non-hydrogen) atoms. The number of benzene rings is 3. The zero-order valence-electron chi connectivity index (χ0n) is 15.9. The molecule has 3 N–H and O–H groups in total. The first kappa shape index (κ1) is 18.3. The molecule has 146 valence electrons. The molecule has 0 unspecified atom stereocenters. The van der Waals surface area contributed by atoms with E-state index in [1.807, 2.05) is 60.0 Å². The predicted molar refractivity (Wildman–Crippen MR) is 122 cm³/mol. The Morgan fingerprint density at radius 3 is 2.30 bits per heavy atom. The summed E-state index contributed by atoms with van der Waals surface area (Å²) in [5.41, 5.74) is 5.40. The van der Waals surface area contributed by atoms with Crippen LogP contribution in [0.2, 0.25) is 0 Å². The monoisotopic (exact) mass is 410 g/mol. The summed E-state index contributed by atoms with van der Waals surface area (Å²) >= 11 is 1.34. The van der Waals surface area contributed by atoms with Gasteiger partial charge >= 0.3 is 0 Å². The van der Waals surface area contributed by atoms with E-state index in [4.69, 9.17) is 5.84 Å². The molecule has 0 bridgehead atoms. The topological polar surface area (TPSA) is 75.0 Å². The summed E-state index contributed by atoms with van der Waals surface area (Å²) in [7, 11) is 0. The Labute approximate surface area is 177 Å². The standard InChI is InChI=1S/C24H18N4OS/c25-28(23(29)21-14-19-8-4-5-9-20(19)26-21)24-27-22(15-30-24)18-12-10-17(11-13-18)16-6-2-1-3-7-16/h1-15,26H,25H2. The van der Waals surface area contributed by atoms with E-state index in [9.17, 15) is 4.79 Å². The molecular weight excluding hydrogens is 392 g/mol. The molecule has 0 aliphatic carbocycles. The second kappa shape index (κ2) is 7.59. The molecule has 5 nitrogen and oxygen atoms in total. The van der Waals surface area contributed by atoms with Gasteiger partial charge in [0.1, 0.15) is 5.69 Å². The molecule has 0 aliphatic heterocycles. The lowest BCUT2D eigenvalue weighted by atomic mass is 10.0. The number of rotatable bonds is 4. The Bertz CT molecular complexity index is 1290. The van der Waals surface area contributed by atoms with Crippen molar-refractivity contribution >= 4 is 33.3 Å². The first-order chi connectivity index (χ1) is 14.7. The van der Waals surface area contributed by atoms with E-state index in [1.54, 1.807) is 6.07 Å². The van der Waals surface area contributed by atoms with Gasteiger partial charge in [0.25, 0.3) is 5.91 Å². The number of anilines is 1. The number of nitrogens with one attached hydrogen (secondary N) is 1. The van der Waals surface area contributed by atoms with Crippen molar-refractivity contribution in [3.8, 4) is 22.4 Å². The fraction of sp³-hybridized carbons (Fsp3) is 0. The van der Waals surface area contributed by atoms with Crippen molar-refractivity contribution in [1.82, 2.24) is 9.97 Å². The van der Waals surface area contributed by atoms with Crippen LogP contribution in [0.15, 0.2) is 90.3 Å². The summed E-state index contributed by atoms with van der Waals surface area (Å²) in [5.74, 6) is 5.77. The van der Waals surface area contributed by atoms with Crippen LogP contribution in [-0.4, -0.2) is 15.9 Å². The Morgan fingerprint density at radius 1 is 0.867 bits per heavy atom. The number of carbonyl (C=O) groups excluding carboxylic acids is 1. The van der Waals surface area contributed by atoms with E-state index in [0.717, 1.165) is 32.7 Å². The lowest BCUT2D eigenvalue weighted by Crippen LogP contribution is -2.37. The van der Waals surface area contributed by atoms with Crippen LogP contribution in [0.3, 0.4) is 0 Å². The summed E-state index contributed by atoms with van der Waals surface area (Å²) in [4.78, 5) is 20.5. The Morgan fingerprint density at radius 2 is 1.53 bits per heavy atom. The number of carbonyl (C=O) groups is 1. The number of nitrogens with zero attached hydrogens (tertiary/aromatic N) is 2. The van der Waals surface area contributed by atoms with Crippen LogP contribution < -0.4 is 10.9 Å². The van der Waals surface area contributed by atoms with Gasteiger partial charge in [0, 0.05) is 21.8 Å². The highest BCUT2D eigenvalue weighted by Crippen LogP contribution is 2.29. The minimum Gasteiger partial charge on any atom is -0.350 e. The number of hydrogen-bond acceptors (Lipinski definition) is 4. The minimum absolute atomic E-state index is 0.327. The molecule has 5 rings (SSSR count). The highest BCUT2D eigenvalue weighted by molar-refractivity contribution is 7.14. The quantitative estimate of drug-likeness (QED) is 0.234. The highest BCUT2D eigenvalue weighted by Gasteiger charge is 2.19. The smallest absolute Gasteiger partial charge is 0.290 e. The van der Waals surface area contributed by atoms with Gasteiger partial charge < -0.3 is 4.98 Å². The van der Waals surface area contributed by atoms with E-state index in [1.165, 1.54) is 16.9 Å². The maximum atomic E-state index is 12.8. The highest BCUT2D eigenvalue weighted by atomic mass is 32.1. The zero-order valence-corrected chi connectivity index (χ0v) is 16.8. The Hall–Kier alpha value is -3.74. The van der Waals surface area contributed by atoms with Gasteiger partial charge in [-0.25, -0.2) is 15.8 Å². The molecule has 3 aromatic carbocycles. The molecule has 6 heteroatoms. The van der Waals surface area contributed by atoms with Gasteiger partial charge in [0.15, 0.2) is 0 Å². The Kier molecular flexibility index (Phi) is 4.63. The van der Waals surface area contributed by atoms with Gasteiger partial charge in [-0.3, -0.25) is 4.79 Å². The number of para-hydroxylation sites is 1. The first-order valence-corrected chi connectivity index (χ1v) is 10.4. The molecule has 0 atom stereocenters. The molecule has 0 fully saturated rings. The van der Waals surface area contributed by atoms with Crippen LogP contribution in [-0.2, 0) is 0 Å². The third kappa shape index (κ3) is 3.39. The molecule has 0 spiro atoms. The summed E-state index contributed by atoms with van der Waals surface area (Å²) in [6.07, 6.45) is 0.